The first-order valence-electron chi connectivity index (χ1n) is 8.12. The van der Waals surface area contributed by atoms with Crippen LogP contribution in [0, 0.1) is 5.82 Å². The van der Waals surface area contributed by atoms with Gasteiger partial charge in [0.1, 0.15) is 5.82 Å². The second-order valence-electron chi connectivity index (χ2n) is 6.16. The highest BCUT2D eigenvalue weighted by atomic mass is 19.1. The predicted octanol–water partition coefficient (Wildman–Crippen LogP) is 2.20. The van der Waals surface area contributed by atoms with Gasteiger partial charge in [-0.05, 0) is 68.5 Å². The summed E-state index contributed by atoms with van der Waals surface area (Å²) in [6.07, 6.45) is 3.62. The Kier molecular flexibility index (Phi) is 5.05. The number of hydrogen-bond acceptors (Lipinski definition) is 3. The molecule has 0 aromatic heterocycles. The van der Waals surface area contributed by atoms with Gasteiger partial charge >= 0.3 is 0 Å². The molecule has 1 amide bonds. The Morgan fingerprint density at radius 1 is 1.14 bits per heavy atom. The summed E-state index contributed by atoms with van der Waals surface area (Å²) in [4.78, 5) is 12.4. The molecule has 0 bridgehead atoms. The third kappa shape index (κ3) is 3.84. The summed E-state index contributed by atoms with van der Waals surface area (Å²) in [5, 5.41) is 6.30. The van der Waals surface area contributed by atoms with Gasteiger partial charge in [-0.3, -0.25) is 4.79 Å². The van der Waals surface area contributed by atoms with E-state index in [1.54, 1.807) is 6.07 Å². The summed E-state index contributed by atoms with van der Waals surface area (Å²) >= 11 is 0. The molecule has 0 radical (unpaired) electrons. The molecule has 2 saturated heterocycles. The Labute approximate surface area is 130 Å². The average molecular weight is 306 g/mol. The molecule has 22 heavy (non-hydrogen) atoms. The van der Waals surface area contributed by atoms with Crippen molar-refractivity contribution in [3.05, 3.63) is 35.1 Å². The van der Waals surface area contributed by atoms with E-state index in [2.05, 4.69) is 10.6 Å². The van der Waals surface area contributed by atoms with Crippen molar-refractivity contribution in [3.63, 3.8) is 0 Å². The predicted molar refractivity (Wildman–Crippen MR) is 82.6 cm³/mol. The van der Waals surface area contributed by atoms with Crippen molar-refractivity contribution in [2.75, 3.05) is 26.3 Å². The van der Waals surface area contributed by atoms with Gasteiger partial charge < -0.3 is 15.4 Å². The lowest BCUT2D eigenvalue weighted by Crippen LogP contribution is -2.39. The standard InChI is InChI=1S/C17H23FN2O2/c18-15-10-13(12-1-5-19-6-2-12)9-14(11-15)17(21)20-16-3-7-22-8-4-16/h9-12,16,19H,1-8H2,(H,20,21). The molecule has 5 heteroatoms. The van der Waals surface area contributed by atoms with Gasteiger partial charge in [0.15, 0.2) is 0 Å². The Morgan fingerprint density at radius 2 is 1.86 bits per heavy atom. The minimum atomic E-state index is -0.326. The van der Waals surface area contributed by atoms with Crippen molar-refractivity contribution in [3.8, 4) is 0 Å². The van der Waals surface area contributed by atoms with Crippen molar-refractivity contribution in [2.45, 2.75) is 37.6 Å². The van der Waals surface area contributed by atoms with Gasteiger partial charge in [0.2, 0.25) is 0 Å². The van der Waals surface area contributed by atoms with E-state index in [9.17, 15) is 9.18 Å². The van der Waals surface area contributed by atoms with E-state index in [4.69, 9.17) is 4.74 Å². The molecule has 0 aliphatic carbocycles. The van der Waals surface area contributed by atoms with Crippen molar-refractivity contribution < 1.29 is 13.9 Å². The lowest BCUT2D eigenvalue weighted by Gasteiger charge is -2.25. The summed E-state index contributed by atoms with van der Waals surface area (Å²) in [5.74, 6) is -0.165. The minimum absolute atomic E-state index is 0.131. The van der Waals surface area contributed by atoms with Crippen molar-refractivity contribution in [1.82, 2.24) is 10.6 Å². The van der Waals surface area contributed by atoms with E-state index < -0.39 is 0 Å². The van der Waals surface area contributed by atoms with Crippen LogP contribution in [0.3, 0.4) is 0 Å². The topological polar surface area (TPSA) is 50.4 Å². The fraction of sp³-hybridized carbons (Fsp3) is 0.588. The highest BCUT2D eigenvalue weighted by Gasteiger charge is 2.20. The highest BCUT2D eigenvalue weighted by molar-refractivity contribution is 5.94. The molecule has 2 aliphatic heterocycles. The largest absolute Gasteiger partial charge is 0.381 e. The second-order valence-corrected chi connectivity index (χ2v) is 6.16. The maximum Gasteiger partial charge on any atom is 0.251 e. The molecule has 3 rings (SSSR count). The summed E-state index contributed by atoms with van der Waals surface area (Å²) in [6.45, 7) is 3.25. The lowest BCUT2D eigenvalue weighted by molar-refractivity contribution is 0.0696. The Balaban J connectivity index is 1.71. The third-order valence-electron chi connectivity index (χ3n) is 4.55. The molecule has 2 heterocycles. The number of hydrogen-bond donors (Lipinski definition) is 2. The minimum Gasteiger partial charge on any atom is -0.381 e. The monoisotopic (exact) mass is 306 g/mol. The molecule has 2 fully saturated rings. The molecular weight excluding hydrogens is 283 g/mol. The molecule has 0 spiro atoms. The zero-order valence-electron chi connectivity index (χ0n) is 12.7. The van der Waals surface area contributed by atoms with Gasteiger partial charge in [-0.25, -0.2) is 4.39 Å². The van der Waals surface area contributed by atoms with Gasteiger partial charge in [-0.2, -0.15) is 0 Å². The number of carbonyl (C=O) groups excluding carboxylic acids is 1. The smallest absolute Gasteiger partial charge is 0.251 e. The SMILES string of the molecule is O=C(NC1CCOCC1)c1cc(F)cc(C2CCNCC2)c1. The number of benzene rings is 1. The molecule has 0 saturated carbocycles. The van der Waals surface area contributed by atoms with Crippen LogP contribution >= 0.6 is 0 Å². The molecule has 0 unspecified atom stereocenters. The number of halogens is 1. The van der Waals surface area contributed by atoms with E-state index in [1.165, 1.54) is 6.07 Å². The van der Waals surface area contributed by atoms with E-state index in [0.29, 0.717) is 24.7 Å². The van der Waals surface area contributed by atoms with Crippen LogP contribution in [-0.4, -0.2) is 38.3 Å². The normalized spacial score (nSPS) is 20.8. The highest BCUT2D eigenvalue weighted by Crippen LogP contribution is 2.26. The molecule has 2 N–H and O–H groups in total. The van der Waals surface area contributed by atoms with Crippen LogP contribution in [0.5, 0.6) is 0 Å². The fourth-order valence-corrected chi connectivity index (χ4v) is 3.25. The zero-order valence-corrected chi connectivity index (χ0v) is 12.7. The van der Waals surface area contributed by atoms with Gasteiger partial charge in [-0.1, -0.05) is 0 Å². The van der Waals surface area contributed by atoms with Crippen LogP contribution in [0.25, 0.3) is 0 Å². The molecule has 1 aromatic carbocycles. The molecule has 4 nitrogen and oxygen atoms in total. The number of ether oxygens (including phenoxy) is 1. The number of rotatable bonds is 3. The quantitative estimate of drug-likeness (QED) is 0.900. The summed E-state index contributed by atoms with van der Waals surface area (Å²) in [6, 6.07) is 4.89. The summed E-state index contributed by atoms with van der Waals surface area (Å²) in [5.41, 5.74) is 1.37. The molecule has 0 atom stereocenters. The molecule has 1 aromatic rings. The fourth-order valence-electron chi connectivity index (χ4n) is 3.25. The number of amides is 1. The molecular formula is C17H23FN2O2. The first kappa shape index (κ1) is 15.4. The maximum absolute atomic E-state index is 13.9. The van der Waals surface area contributed by atoms with Crippen molar-refractivity contribution in [2.24, 2.45) is 0 Å². The maximum atomic E-state index is 13.9. The van der Waals surface area contributed by atoms with Gasteiger partial charge in [0.25, 0.3) is 5.91 Å². The average Bonchev–Trinajstić information content (AvgIpc) is 2.56. The van der Waals surface area contributed by atoms with Gasteiger partial charge in [0.05, 0.1) is 0 Å². The van der Waals surface area contributed by atoms with Crippen LogP contribution in [-0.2, 0) is 4.74 Å². The zero-order chi connectivity index (χ0) is 15.4. The number of piperidine rings is 1. The third-order valence-corrected chi connectivity index (χ3v) is 4.55. The summed E-state index contributed by atoms with van der Waals surface area (Å²) in [7, 11) is 0. The Bertz CT molecular complexity index is 523. The van der Waals surface area contributed by atoms with Crippen LogP contribution in [0.2, 0.25) is 0 Å². The number of nitrogens with one attached hydrogen (secondary N) is 2. The van der Waals surface area contributed by atoms with Crippen LogP contribution in [0.1, 0.15) is 47.5 Å². The second kappa shape index (κ2) is 7.20. The van der Waals surface area contributed by atoms with Crippen molar-refractivity contribution in [1.29, 1.82) is 0 Å². The van der Waals surface area contributed by atoms with E-state index in [-0.39, 0.29) is 17.8 Å². The van der Waals surface area contributed by atoms with Crippen LogP contribution in [0.15, 0.2) is 18.2 Å². The lowest BCUT2D eigenvalue weighted by atomic mass is 9.89. The molecule has 2 aliphatic rings. The Hall–Kier alpha value is -1.46. The summed E-state index contributed by atoms with van der Waals surface area (Å²) < 4.78 is 19.2. The first-order valence-corrected chi connectivity index (χ1v) is 8.12. The van der Waals surface area contributed by atoms with Gasteiger partial charge in [0, 0.05) is 24.8 Å². The Morgan fingerprint density at radius 3 is 2.59 bits per heavy atom. The van der Waals surface area contributed by atoms with E-state index >= 15 is 0 Å². The van der Waals surface area contributed by atoms with Crippen molar-refractivity contribution >= 4 is 5.91 Å². The number of carbonyl (C=O) groups is 1. The first-order chi connectivity index (χ1) is 10.7. The molecule has 120 valence electrons. The van der Waals surface area contributed by atoms with E-state index in [0.717, 1.165) is 44.3 Å². The van der Waals surface area contributed by atoms with Crippen LogP contribution < -0.4 is 10.6 Å². The van der Waals surface area contributed by atoms with Gasteiger partial charge in [-0.15, -0.1) is 0 Å². The van der Waals surface area contributed by atoms with Crippen LogP contribution in [0.4, 0.5) is 4.39 Å². The van der Waals surface area contributed by atoms with E-state index in [1.807, 2.05) is 6.07 Å².